The number of allylic oxidation sites excluding steroid dienone is 1. The first-order valence-electron chi connectivity index (χ1n) is 9.89. The smallest absolute Gasteiger partial charge is 0.247 e. The maximum absolute atomic E-state index is 12.7. The Balaban J connectivity index is 1.80. The highest BCUT2D eigenvalue weighted by atomic mass is 35.5. The third kappa shape index (κ3) is 3.83. The first-order valence-corrected chi connectivity index (χ1v) is 10.3. The average molecular weight is 426 g/mol. The summed E-state index contributed by atoms with van der Waals surface area (Å²) < 4.78 is 16.9. The molecule has 1 aliphatic rings. The van der Waals surface area contributed by atoms with Gasteiger partial charge < -0.3 is 18.8 Å². The van der Waals surface area contributed by atoms with Gasteiger partial charge in [0.25, 0.3) is 0 Å². The van der Waals surface area contributed by atoms with Crippen molar-refractivity contribution in [2.45, 2.75) is 13.8 Å². The fourth-order valence-electron chi connectivity index (χ4n) is 3.86. The van der Waals surface area contributed by atoms with Crippen molar-refractivity contribution in [1.82, 2.24) is 4.90 Å². The van der Waals surface area contributed by atoms with Gasteiger partial charge in [-0.3, -0.25) is 4.79 Å². The molecular weight excluding hydrogens is 402 g/mol. The normalized spacial score (nSPS) is 14.9. The fraction of sp³-hybridized carbons (Fsp3) is 0.292. The van der Waals surface area contributed by atoms with Gasteiger partial charge in [0, 0.05) is 46.3 Å². The number of aryl methyl sites for hydroxylation is 1. The molecule has 2 aromatic carbocycles. The molecule has 1 fully saturated rings. The Kier molecular flexibility index (Phi) is 5.84. The van der Waals surface area contributed by atoms with E-state index < -0.39 is 0 Å². The number of morpholine rings is 1. The van der Waals surface area contributed by atoms with E-state index in [2.05, 4.69) is 0 Å². The van der Waals surface area contributed by atoms with E-state index in [9.17, 15) is 4.79 Å². The van der Waals surface area contributed by atoms with Crippen LogP contribution in [0.3, 0.4) is 0 Å². The number of rotatable bonds is 4. The lowest BCUT2D eigenvalue weighted by molar-refractivity contribution is -0.129. The predicted molar refractivity (Wildman–Crippen MR) is 119 cm³/mol. The van der Waals surface area contributed by atoms with Gasteiger partial charge in [0.15, 0.2) is 0 Å². The molecule has 2 heterocycles. The summed E-state index contributed by atoms with van der Waals surface area (Å²) in [4.78, 5) is 14.5. The molecular formula is C24H24ClNO4. The number of benzene rings is 2. The van der Waals surface area contributed by atoms with Crippen LogP contribution >= 0.6 is 11.6 Å². The SMILES string of the molecule is COc1c(/C(C)=C/C(=O)N2CCOCC2)cc2c(-c3ccc(Cl)cc3)coc2c1C. The topological polar surface area (TPSA) is 51.9 Å². The zero-order chi connectivity index (χ0) is 21.3. The molecule has 1 aromatic heterocycles. The van der Waals surface area contributed by atoms with Crippen LogP contribution in [0.25, 0.3) is 27.7 Å². The second-order valence-corrected chi connectivity index (χ2v) is 7.82. The zero-order valence-electron chi connectivity index (χ0n) is 17.3. The highest BCUT2D eigenvalue weighted by molar-refractivity contribution is 6.30. The minimum absolute atomic E-state index is 0.0132. The van der Waals surface area contributed by atoms with Crippen LogP contribution in [0.4, 0.5) is 0 Å². The molecule has 30 heavy (non-hydrogen) atoms. The van der Waals surface area contributed by atoms with E-state index in [4.69, 9.17) is 25.5 Å². The molecule has 0 saturated carbocycles. The molecule has 4 rings (SSSR count). The Bertz CT molecular complexity index is 1110. The lowest BCUT2D eigenvalue weighted by Crippen LogP contribution is -2.39. The fourth-order valence-corrected chi connectivity index (χ4v) is 3.99. The Labute approximate surface area is 180 Å². The van der Waals surface area contributed by atoms with Gasteiger partial charge in [-0.15, -0.1) is 0 Å². The molecule has 1 aliphatic heterocycles. The van der Waals surface area contributed by atoms with Crippen LogP contribution in [0.5, 0.6) is 5.75 Å². The summed E-state index contributed by atoms with van der Waals surface area (Å²) in [6, 6.07) is 9.69. The van der Waals surface area contributed by atoms with Crippen molar-refractivity contribution in [3.05, 3.63) is 58.8 Å². The molecule has 1 saturated heterocycles. The van der Waals surface area contributed by atoms with Crippen LogP contribution in [0.15, 0.2) is 47.1 Å². The molecule has 0 unspecified atom stereocenters. The largest absolute Gasteiger partial charge is 0.496 e. The molecule has 0 N–H and O–H groups in total. The number of ether oxygens (including phenoxy) is 2. The van der Waals surface area contributed by atoms with Crippen molar-refractivity contribution in [3.8, 4) is 16.9 Å². The van der Waals surface area contributed by atoms with Crippen LogP contribution in [-0.2, 0) is 9.53 Å². The van der Waals surface area contributed by atoms with Crippen LogP contribution in [0.2, 0.25) is 5.02 Å². The molecule has 0 aliphatic carbocycles. The van der Waals surface area contributed by atoms with Crippen molar-refractivity contribution >= 4 is 34.1 Å². The Morgan fingerprint density at radius 3 is 2.57 bits per heavy atom. The Hall–Kier alpha value is -2.76. The number of hydrogen-bond acceptors (Lipinski definition) is 4. The predicted octanol–water partition coefficient (Wildman–Crippen LogP) is 5.33. The number of fused-ring (bicyclic) bond motifs is 1. The maximum atomic E-state index is 12.7. The van der Waals surface area contributed by atoms with E-state index in [1.165, 1.54) is 0 Å². The van der Waals surface area contributed by atoms with E-state index in [0.29, 0.717) is 37.1 Å². The molecule has 0 atom stereocenters. The van der Waals surface area contributed by atoms with Crippen LogP contribution in [0.1, 0.15) is 18.1 Å². The number of methoxy groups -OCH3 is 1. The van der Waals surface area contributed by atoms with E-state index in [1.54, 1.807) is 19.4 Å². The van der Waals surface area contributed by atoms with Gasteiger partial charge in [0.05, 0.1) is 26.6 Å². The third-order valence-corrected chi connectivity index (χ3v) is 5.74. The van der Waals surface area contributed by atoms with Crippen molar-refractivity contribution in [3.63, 3.8) is 0 Å². The van der Waals surface area contributed by atoms with Crippen LogP contribution in [-0.4, -0.2) is 44.2 Å². The zero-order valence-corrected chi connectivity index (χ0v) is 18.1. The van der Waals surface area contributed by atoms with Crippen LogP contribution in [0, 0.1) is 6.92 Å². The average Bonchev–Trinajstić information content (AvgIpc) is 3.19. The van der Waals surface area contributed by atoms with Gasteiger partial charge in [-0.2, -0.15) is 0 Å². The third-order valence-electron chi connectivity index (χ3n) is 5.49. The highest BCUT2D eigenvalue weighted by Gasteiger charge is 2.20. The van der Waals surface area contributed by atoms with E-state index >= 15 is 0 Å². The summed E-state index contributed by atoms with van der Waals surface area (Å²) in [5.74, 6) is 0.698. The van der Waals surface area contributed by atoms with Gasteiger partial charge in [-0.25, -0.2) is 0 Å². The summed E-state index contributed by atoms with van der Waals surface area (Å²) in [6.45, 7) is 6.28. The number of furan rings is 1. The number of halogens is 1. The van der Waals surface area contributed by atoms with Crippen LogP contribution < -0.4 is 4.74 Å². The Morgan fingerprint density at radius 2 is 1.90 bits per heavy atom. The molecule has 3 aromatic rings. The monoisotopic (exact) mass is 425 g/mol. The summed E-state index contributed by atoms with van der Waals surface area (Å²) in [6.07, 6.45) is 3.43. The highest BCUT2D eigenvalue weighted by Crippen LogP contribution is 2.40. The van der Waals surface area contributed by atoms with Crippen molar-refractivity contribution in [1.29, 1.82) is 0 Å². The van der Waals surface area contributed by atoms with Crippen molar-refractivity contribution < 1.29 is 18.7 Å². The minimum atomic E-state index is -0.0132. The number of hydrogen-bond donors (Lipinski definition) is 0. The summed E-state index contributed by atoms with van der Waals surface area (Å²) in [5, 5.41) is 1.66. The second-order valence-electron chi connectivity index (χ2n) is 7.38. The van der Waals surface area contributed by atoms with Gasteiger partial charge in [0.2, 0.25) is 5.91 Å². The van der Waals surface area contributed by atoms with Gasteiger partial charge in [-0.1, -0.05) is 23.7 Å². The second kappa shape index (κ2) is 8.54. The van der Waals surface area contributed by atoms with E-state index in [-0.39, 0.29) is 5.91 Å². The van der Waals surface area contributed by atoms with Gasteiger partial charge in [0.1, 0.15) is 11.3 Å². The summed E-state index contributed by atoms with van der Waals surface area (Å²) in [7, 11) is 1.64. The van der Waals surface area contributed by atoms with Gasteiger partial charge in [-0.05, 0) is 43.2 Å². The van der Waals surface area contributed by atoms with Gasteiger partial charge >= 0.3 is 0 Å². The first-order chi connectivity index (χ1) is 14.5. The Morgan fingerprint density at radius 1 is 1.20 bits per heavy atom. The number of carbonyl (C=O) groups excluding carboxylic acids is 1. The summed E-state index contributed by atoms with van der Waals surface area (Å²) >= 11 is 6.04. The van der Waals surface area contributed by atoms with Crippen molar-refractivity contribution in [2.75, 3.05) is 33.4 Å². The quantitative estimate of drug-likeness (QED) is 0.530. The standard InChI is InChI=1S/C24H24ClNO4/c1-15(12-22(27)26-8-10-29-11-9-26)19-13-20-21(17-4-6-18(25)7-5-17)14-30-24(20)16(2)23(19)28-3/h4-7,12-14H,8-11H2,1-3H3/b15-12+. The molecule has 5 nitrogen and oxygen atoms in total. The number of carbonyl (C=O) groups is 1. The molecule has 156 valence electrons. The minimum Gasteiger partial charge on any atom is -0.496 e. The first kappa shape index (κ1) is 20.5. The maximum Gasteiger partial charge on any atom is 0.247 e. The van der Waals surface area contributed by atoms with Crippen molar-refractivity contribution in [2.24, 2.45) is 0 Å². The van der Waals surface area contributed by atoms with E-state index in [1.807, 2.05) is 49.1 Å². The molecule has 0 spiro atoms. The molecule has 0 bridgehead atoms. The molecule has 0 radical (unpaired) electrons. The lowest BCUT2D eigenvalue weighted by Gasteiger charge is -2.26. The number of amides is 1. The lowest BCUT2D eigenvalue weighted by atomic mass is 9.96. The molecule has 6 heteroatoms. The number of nitrogens with zero attached hydrogens (tertiary/aromatic N) is 1. The van der Waals surface area contributed by atoms with E-state index in [0.717, 1.165) is 38.8 Å². The summed E-state index contributed by atoms with van der Waals surface area (Å²) in [5.41, 5.74) is 5.38. The molecule has 1 amide bonds.